The predicted octanol–water partition coefficient (Wildman–Crippen LogP) is 3.08. The molecule has 0 aromatic rings. The molecule has 1 fully saturated rings. The lowest BCUT2D eigenvalue weighted by atomic mass is 9.75. The van der Waals surface area contributed by atoms with Gasteiger partial charge in [0.15, 0.2) is 0 Å². The summed E-state index contributed by atoms with van der Waals surface area (Å²) in [6, 6.07) is 0. The highest BCUT2D eigenvalue weighted by Gasteiger charge is 2.22. The Balaban J connectivity index is 2.41. The molecular weight excluding hydrogens is 108 g/mol. The molecule has 0 saturated heterocycles. The summed E-state index contributed by atoms with van der Waals surface area (Å²) in [5.41, 5.74) is 0. The van der Waals surface area contributed by atoms with Crippen molar-refractivity contribution in [1.29, 1.82) is 0 Å². The third-order valence-electron chi connectivity index (χ3n) is 3.11. The standard InChI is InChI=1S/C9H18/c1-7-5-4-6-8(2)9(7)3/h7-9H,4-6H2,1-3H3/t7-,8?,9?/m0/s1. The van der Waals surface area contributed by atoms with Crippen molar-refractivity contribution in [2.45, 2.75) is 40.0 Å². The van der Waals surface area contributed by atoms with E-state index in [2.05, 4.69) is 20.8 Å². The Morgan fingerprint density at radius 3 is 1.67 bits per heavy atom. The summed E-state index contributed by atoms with van der Waals surface area (Å²) >= 11 is 0. The average molecular weight is 126 g/mol. The molecule has 54 valence electrons. The van der Waals surface area contributed by atoms with Crippen LogP contribution in [0.3, 0.4) is 0 Å². The van der Waals surface area contributed by atoms with E-state index < -0.39 is 0 Å². The summed E-state index contributed by atoms with van der Waals surface area (Å²) < 4.78 is 0. The second-order valence-corrected chi connectivity index (χ2v) is 3.74. The van der Waals surface area contributed by atoms with Crippen LogP contribution in [0.15, 0.2) is 0 Å². The van der Waals surface area contributed by atoms with Crippen LogP contribution in [0.25, 0.3) is 0 Å². The Bertz CT molecular complexity index is 76.0. The second kappa shape index (κ2) is 2.72. The molecule has 0 bridgehead atoms. The Kier molecular flexibility index (Phi) is 2.15. The number of rotatable bonds is 0. The molecule has 0 amide bonds. The maximum absolute atomic E-state index is 2.40. The molecule has 0 aromatic carbocycles. The molecule has 1 aliphatic rings. The van der Waals surface area contributed by atoms with E-state index in [1.54, 1.807) is 0 Å². The Hall–Kier alpha value is 0. The minimum atomic E-state index is 0.971. The number of hydrogen-bond acceptors (Lipinski definition) is 0. The molecule has 0 radical (unpaired) electrons. The van der Waals surface area contributed by atoms with Crippen LogP contribution in [-0.2, 0) is 0 Å². The number of hydrogen-bond donors (Lipinski definition) is 0. The summed E-state index contributed by atoms with van der Waals surface area (Å²) in [5.74, 6) is 2.93. The van der Waals surface area contributed by atoms with Gasteiger partial charge >= 0.3 is 0 Å². The van der Waals surface area contributed by atoms with Gasteiger partial charge in [0.05, 0.1) is 0 Å². The molecule has 2 unspecified atom stereocenters. The molecular formula is C9H18. The summed E-state index contributed by atoms with van der Waals surface area (Å²) in [7, 11) is 0. The molecule has 0 aromatic heterocycles. The van der Waals surface area contributed by atoms with Gasteiger partial charge in [0, 0.05) is 0 Å². The van der Waals surface area contributed by atoms with Crippen LogP contribution in [-0.4, -0.2) is 0 Å². The van der Waals surface area contributed by atoms with Gasteiger partial charge in [0.25, 0.3) is 0 Å². The maximum Gasteiger partial charge on any atom is -0.0391 e. The highest BCUT2D eigenvalue weighted by Crippen LogP contribution is 2.33. The first kappa shape index (κ1) is 7.11. The molecule has 3 atom stereocenters. The minimum Gasteiger partial charge on any atom is -0.0622 e. The zero-order valence-electron chi connectivity index (χ0n) is 6.85. The molecule has 0 nitrogen and oxygen atoms in total. The fourth-order valence-corrected chi connectivity index (χ4v) is 1.85. The lowest BCUT2D eigenvalue weighted by Crippen LogP contribution is -2.21. The zero-order valence-corrected chi connectivity index (χ0v) is 6.85. The van der Waals surface area contributed by atoms with Crippen molar-refractivity contribution in [3.05, 3.63) is 0 Å². The van der Waals surface area contributed by atoms with Crippen LogP contribution < -0.4 is 0 Å². The highest BCUT2D eigenvalue weighted by atomic mass is 14.3. The molecule has 0 heterocycles. The SMILES string of the molecule is CC1CCC[C@H](C)C1C. The molecule has 1 aliphatic carbocycles. The first-order valence-corrected chi connectivity index (χ1v) is 4.22. The van der Waals surface area contributed by atoms with E-state index in [4.69, 9.17) is 0 Å². The highest BCUT2D eigenvalue weighted by molar-refractivity contribution is 4.73. The largest absolute Gasteiger partial charge is 0.0622 e. The lowest BCUT2D eigenvalue weighted by Gasteiger charge is -2.31. The Morgan fingerprint density at radius 1 is 0.889 bits per heavy atom. The van der Waals surface area contributed by atoms with Gasteiger partial charge in [0.2, 0.25) is 0 Å². The van der Waals surface area contributed by atoms with E-state index in [1.165, 1.54) is 19.3 Å². The van der Waals surface area contributed by atoms with E-state index in [9.17, 15) is 0 Å². The summed E-state index contributed by atoms with van der Waals surface area (Å²) in [6.07, 6.45) is 4.39. The van der Waals surface area contributed by atoms with Crippen molar-refractivity contribution in [1.82, 2.24) is 0 Å². The van der Waals surface area contributed by atoms with Crippen molar-refractivity contribution < 1.29 is 0 Å². The van der Waals surface area contributed by atoms with Crippen molar-refractivity contribution >= 4 is 0 Å². The van der Waals surface area contributed by atoms with Gasteiger partial charge in [-0.05, 0) is 17.8 Å². The van der Waals surface area contributed by atoms with Crippen LogP contribution in [0.2, 0.25) is 0 Å². The summed E-state index contributed by atoms with van der Waals surface area (Å²) in [5, 5.41) is 0. The van der Waals surface area contributed by atoms with Crippen LogP contribution in [0, 0.1) is 17.8 Å². The van der Waals surface area contributed by atoms with Gasteiger partial charge in [-0.3, -0.25) is 0 Å². The van der Waals surface area contributed by atoms with Crippen molar-refractivity contribution in [2.75, 3.05) is 0 Å². The molecule has 0 heteroatoms. The monoisotopic (exact) mass is 126 g/mol. The molecule has 0 spiro atoms. The van der Waals surface area contributed by atoms with Crippen molar-refractivity contribution in [3.63, 3.8) is 0 Å². The van der Waals surface area contributed by atoms with Gasteiger partial charge in [-0.25, -0.2) is 0 Å². The Morgan fingerprint density at radius 2 is 1.33 bits per heavy atom. The van der Waals surface area contributed by atoms with E-state index in [0.29, 0.717) is 0 Å². The summed E-state index contributed by atoms with van der Waals surface area (Å²) in [6.45, 7) is 7.18. The third kappa shape index (κ3) is 1.47. The fraction of sp³-hybridized carbons (Fsp3) is 1.00. The van der Waals surface area contributed by atoms with Crippen molar-refractivity contribution in [3.8, 4) is 0 Å². The molecule has 1 rings (SSSR count). The third-order valence-corrected chi connectivity index (χ3v) is 3.11. The van der Waals surface area contributed by atoms with Gasteiger partial charge in [-0.1, -0.05) is 40.0 Å². The van der Waals surface area contributed by atoms with E-state index in [1.807, 2.05) is 0 Å². The zero-order chi connectivity index (χ0) is 6.85. The second-order valence-electron chi connectivity index (χ2n) is 3.74. The normalized spacial score (nSPS) is 45.0. The smallest absolute Gasteiger partial charge is 0.0391 e. The topological polar surface area (TPSA) is 0 Å². The summed E-state index contributed by atoms with van der Waals surface area (Å²) in [4.78, 5) is 0. The average Bonchev–Trinajstić information content (AvgIpc) is 1.83. The Labute approximate surface area is 58.7 Å². The maximum atomic E-state index is 2.40. The van der Waals surface area contributed by atoms with Gasteiger partial charge in [-0.2, -0.15) is 0 Å². The van der Waals surface area contributed by atoms with Gasteiger partial charge in [-0.15, -0.1) is 0 Å². The quantitative estimate of drug-likeness (QED) is 0.468. The van der Waals surface area contributed by atoms with Gasteiger partial charge in [0.1, 0.15) is 0 Å². The minimum absolute atomic E-state index is 0.971. The van der Waals surface area contributed by atoms with Crippen LogP contribution in [0.1, 0.15) is 40.0 Å². The van der Waals surface area contributed by atoms with Crippen LogP contribution in [0.5, 0.6) is 0 Å². The lowest BCUT2D eigenvalue weighted by molar-refractivity contribution is 0.197. The first-order chi connectivity index (χ1) is 4.22. The van der Waals surface area contributed by atoms with Crippen molar-refractivity contribution in [2.24, 2.45) is 17.8 Å². The first-order valence-electron chi connectivity index (χ1n) is 4.22. The van der Waals surface area contributed by atoms with E-state index in [0.717, 1.165) is 17.8 Å². The molecule has 9 heavy (non-hydrogen) atoms. The molecule has 1 saturated carbocycles. The van der Waals surface area contributed by atoms with Crippen LogP contribution in [0.4, 0.5) is 0 Å². The molecule has 0 N–H and O–H groups in total. The van der Waals surface area contributed by atoms with E-state index in [-0.39, 0.29) is 0 Å². The van der Waals surface area contributed by atoms with Crippen LogP contribution >= 0.6 is 0 Å². The predicted molar refractivity (Wildman–Crippen MR) is 41.3 cm³/mol. The van der Waals surface area contributed by atoms with E-state index >= 15 is 0 Å². The molecule has 0 aliphatic heterocycles. The fourth-order valence-electron chi connectivity index (χ4n) is 1.85. The van der Waals surface area contributed by atoms with Gasteiger partial charge < -0.3 is 0 Å².